The molecule has 0 amide bonds. The lowest BCUT2D eigenvalue weighted by Gasteiger charge is -2.16. The van der Waals surface area contributed by atoms with Crippen molar-refractivity contribution in [3.8, 4) is 5.75 Å². The van der Waals surface area contributed by atoms with Crippen LogP contribution in [0.5, 0.6) is 5.75 Å². The zero-order valence-corrected chi connectivity index (χ0v) is 18.1. The SMILES string of the molecule is FC1(F)CCN(CCOc2cccc(CCN=C(c3ccccc3)c3ccccc3)c2)C1. The van der Waals surface area contributed by atoms with E-state index in [0.717, 1.165) is 34.6 Å². The van der Waals surface area contributed by atoms with Gasteiger partial charge in [-0.25, -0.2) is 8.78 Å². The normalized spacial score (nSPS) is 15.4. The van der Waals surface area contributed by atoms with Gasteiger partial charge < -0.3 is 4.74 Å². The maximum Gasteiger partial charge on any atom is 0.261 e. The molecule has 0 bridgehead atoms. The summed E-state index contributed by atoms with van der Waals surface area (Å²) in [7, 11) is 0. The highest BCUT2D eigenvalue weighted by atomic mass is 19.3. The van der Waals surface area contributed by atoms with Gasteiger partial charge in [0, 0.05) is 37.2 Å². The second kappa shape index (κ2) is 10.5. The van der Waals surface area contributed by atoms with Crippen molar-refractivity contribution in [2.75, 3.05) is 32.8 Å². The minimum absolute atomic E-state index is 0.0586. The first-order chi connectivity index (χ1) is 15.6. The Morgan fingerprint density at radius 1 is 0.906 bits per heavy atom. The first-order valence-electron chi connectivity index (χ1n) is 11.1. The van der Waals surface area contributed by atoms with Crippen LogP contribution in [-0.4, -0.2) is 49.3 Å². The van der Waals surface area contributed by atoms with Gasteiger partial charge in [0.1, 0.15) is 12.4 Å². The zero-order chi connectivity index (χ0) is 22.2. The monoisotopic (exact) mass is 434 g/mol. The quantitative estimate of drug-likeness (QED) is 0.416. The molecule has 4 rings (SSSR count). The first kappa shape index (κ1) is 22.2. The highest BCUT2D eigenvalue weighted by Crippen LogP contribution is 2.26. The third-order valence-electron chi connectivity index (χ3n) is 5.59. The molecule has 0 spiro atoms. The molecule has 0 aliphatic carbocycles. The van der Waals surface area contributed by atoms with Crippen molar-refractivity contribution in [3.63, 3.8) is 0 Å². The Morgan fingerprint density at radius 3 is 2.22 bits per heavy atom. The molecule has 1 heterocycles. The molecule has 1 aliphatic heterocycles. The summed E-state index contributed by atoms with van der Waals surface area (Å²) in [5.74, 6) is -1.79. The fourth-order valence-electron chi connectivity index (χ4n) is 3.92. The smallest absolute Gasteiger partial charge is 0.261 e. The summed E-state index contributed by atoms with van der Waals surface area (Å²) in [6.45, 7) is 1.84. The van der Waals surface area contributed by atoms with Gasteiger partial charge in [-0.1, -0.05) is 72.8 Å². The number of alkyl halides is 2. The van der Waals surface area contributed by atoms with Gasteiger partial charge in [-0.2, -0.15) is 0 Å². The lowest BCUT2D eigenvalue weighted by atomic mass is 10.0. The zero-order valence-electron chi connectivity index (χ0n) is 18.1. The Labute approximate surface area is 188 Å². The maximum absolute atomic E-state index is 13.3. The summed E-state index contributed by atoms with van der Waals surface area (Å²) in [6.07, 6.45) is 0.732. The van der Waals surface area contributed by atoms with Crippen molar-refractivity contribution in [2.45, 2.75) is 18.8 Å². The molecule has 5 heteroatoms. The van der Waals surface area contributed by atoms with E-state index in [9.17, 15) is 8.78 Å². The summed E-state index contributed by atoms with van der Waals surface area (Å²) >= 11 is 0. The van der Waals surface area contributed by atoms with Crippen LogP contribution in [0.25, 0.3) is 0 Å². The van der Waals surface area contributed by atoms with E-state index in [1.54, 1.807) is 4.90 Å². The Balaban J connectivity index is 1.35. The van der Waals surface area contributed by atoms with E-state index in [4.69, 9.17) is 9.73 Å². The van der Waals surface area contributed by atoms with Crippen LogP contribution in [0.4, 0.5) is 8.78 Å². The molecule has 32 heavy (non-hydrogen) atoms. The lowest BCUT2D eigenvalue weighted by Crippen LogP contribution is -2.29. The molecule has 166 valence electrons. The van der Waals surface area contributed by atoms with Gasteiger partial charge in [-0.3, -0.25) is 9.89 Å². The maximum atomic E-state index is 13.3. The summed E-state index contributed by atoms with van der Waals surface area (Å²) in [6, 6.07) is 28.4. The predicted octanol–water partition coefficient (Wildman–Crippen LogP) is 5.49. The highest BCUT2D eigenvalue weighted by Gasteiger charge is 2.37. The fourth-order valence-corrected chi connectivity index (χ4v) is 3.92. The number of benzene rings is 3. The number of hydrogen-bond acceptors (Lipinski definition) is 3. The number of ether oxygens (including phenoxy) is 1. The topological polar surface area (TPSA) is 24.8 Å². The standard InChI is InChI=1S/C27H28F2N2O/c28-27(29)15-17-31(21-27)18-19-32-25-13-7-8-22(20-25)14-16-30-26(23-9-3-1-4-10-23)24-11-5-2-6-12-24/h1-13,20H,14-19,21H2. The number of halogens is 2. The van der Waals surface area contributed by atoms with Crippen molar-refractivity contribution in [3.05, 3.63) is 102 Å². The van der Waals surface area contributed by atoms with Gasteiger partial charge in [0.2, 0.25) is 0 Å². The van der Waals surface area contributed by atoms with E-state index in [2.05, 4.69) is 30.3 Å². The minimum Gasteiger partial charge on any atom is -0.492 e. The van der Waals surface area contributed by atoms with Crippen LogP contribution in [-0.2, 0) is 6.42 Å². The summed E-state index contributed by atoms with van der Waals surface area (Å²) in [5.41, 5.74) is 4.33. The lowest BCUT2D eigenvalue weighted by molar-refractivity contribution is 0.0113. The van der Waals surface area contributed by atoms with E-state index in [0.29, 0.717) is 26.2 Å². The largest absolute Gasteiger partial charge is 0.492 e. The molecule has 1 aliphatic rings. The van der Waals surface area contributed by atoms with Crippen LogP contribution >= 0.6 is 0 Å². The average molecular weight is 435 g/mol. The van der Waals surface area contributed by atoms with Gasteiger partial charge in [0.05, 0.1) is 12.3 Å². The van der Waals surface area contributed by atoms with Gasteiger partial charge in [-0.15, -0.1) is 0 Å². The van der Waals surface area contributed by atoms with Crippen LogP contribution < -0.4 is 4.74 Å². The van der Waals surface area contributed by atoms with Gasteiger partial charge in [0.25, 0.3) is 5.92 Å². The molecular weight excluding hydrogens is 406 g/mol. The van der Waals surface area contributed by atoms with Gasteiger partial charge in [-0.05, 0) is 24.1 Å². The number of nitrogens with zero attached hydrogens (tertiary/aromatic N) is 2. The fraction of sp³-hybridized carbons (Fsp3) is 0.296. The molecule has 0 saturated carbocycles. The Hall–Kier alpha value is -3.05. The summed E-state index contributed by atoms with van der Waals surface area (Å²) in [4.78, 5) is 6.67. The minimum atomic E-state index is -2.56. The highest BCUT2D eigenvalue weighted by molar-refractivity contribution is 6.12. The molecule has 0 N–H and O–H groups in total. The van der Waals surface area contributed by atoms with Gasteiger partial charge in [0.15, 0.2) is 0 Å². The van der Waals surface area contributed by atoms with E-state index < -0.39 is 5.92 Å². The molecule has 0 unspecified atom stereocenters. The van der Waals surface area contributed by atoms with E-state index in [1.165, 1.54) is 0 Å². The van der Waals surface area contributed by atoms with E-state index >= 15 is 0 Å². The number of hydrogen-bond donors (Lipinski definition) is 0. The van der Waals surface area contributed by atoms with Crippen molar-refractivity contribution < 1.29 is 13.5 Å². The van der Waals surface area contributed by atoms with E-state index in [-0.39, 0.29) is 13.0 Å². The van der Waals surface area contributed by atoms with Crippen LogP contribution in [0.3, 0.4) is 0 Å². The van der Waals surface area contributed by atoms with Crippen molar-refractivity contribution >= 4 is 5.71 Å². The molecule has 3 nitrogen and oxygen atoms in total. The third-order valence-corrected chi connectivity index (χ3v) is 5.59. The molecule has 0 atom stereocenters. The Kier molecular flexibility index (Phi) is 7.28. The molecular formula is C27H28F2N2O. The molecule has 3 aromatic rings. The third kappa shape index (κ3) is 6.24. The van der Waals surface area contributed by atoms with Crippen molar-refractivity contribution in [2.24, 2.45) is 4.99 Å². The molecule has 1 saturated heterocycles. The Morgan fingerprint density at radius 2 is 1.59 bits per heavy atom. The van der Waals surface area contributed by atoms with Crippen LogP contribution in [0, 0.1) is 0 Å². The van der Waals surface area contributed by atoms with Gasteiger partial charge >= 0.3 is 0 Å². The molecule has 0 aromatic heterocycles. The first-order valence-corrected chi connectivity index (χ1v) is 11.1. The molecule has 3 aromatic carbocycles. The molecule has 0 radical (unpaired) electrons. The summed E-state index contributed by atoms with van der Waals surface area (Å²) in [5, 5.41) is 0. The predicted molar refractivity (Wildman–Crippen MR) is 125 cm³/mol. The second-order valence-electron chi connectivity index (χ2n) is 8.09. The van der Waals surface area contributed by atoms with Crippen LogP contribution in [0.1, 0.15) is 23.1 Å². The number of likely N-dealkylation sites (tertiary alicyclic amines) is 1. The van der Waals surface area contributed by atoms with Crippen LogP contribution in [0.2, 0.25) is 0 Å². The molecule has 1 fully saturated rings. The second-order valence-corrected chi connectivity index (χ2v) is 8.09. The average Bonchev–Trinajstić information content (AvgIpc) is 3.16. The number of aliphatic imine (C=N–C) groups is 1. The van der Waals surface area contributed by atoms with Crippen molar-refractivity contribution in [1.29, 1.82) is 0 Å². The van der Waals surface area contributed by atoms with Crippen molar-refractivity contribution in [1.82, 2.24) is 4.90 Å². The van der Waals surface area contributed by atoms with E-state index in [1.807, 2.05) is 54.6 Å². The number of rotatable bonds is 9. The summed E-state index contributed by atoms with van der Waals surface area (Å²) < 4.78 is 32.4. The Bertz CT molecular complexity index is 981. The van der Waals surface area contributed by atoms with Crippen LogP contribution in [0.15, 0.2) is 89.9 Å².